The smallest absolute Gasteiger partial charge is 0.402 e. The Balaban J connectivity index is 0.813. The lowest BCUT2D eigenvalue weighted by atomic mass is 9.74. The van der Waals surface area contributed by atoms with Crippen LogP contribution in [0.15, 0.2) is 165 Å². The summed E-state index contributed by atoms with van der Waals surface area (Å²) in [5.74, 6) is -1.69. The van der Waals surface area contributed by atoms with Gasteiger partial charge in [-0.05, 0) is 146 Å². The lowest BCUT2D eigenvalue weighted by Crippen LogP contribution is -2.41. The van der Waals surface area contributed by atoms with E-state index in [9.17, 15) is 38.4 Å². The van der Waals surface area contributed by atoms with E-state index in [1.807, 2.05) is 19.1 Å². The molecule has 11 rings (SSSR count). The van der Waals surface area contributed by atoms with Crippen molar-refractivity contribution in [1.82, 2.24) is 9.13 Å². The van der Waals surface area contributed by atoms with Crippen molar-refractivity contribution in [3.63, 3.8) is 0 Å². The highest BCUT2D eigenvalue weighted by Crippen LogP contribution is 2.48. The molecule has 0 saturated carbocycles. The number of halogens is 3. The third-order valence-corrected chi connectivity index (χ3v) is 13.4. The van der Waals surface area contributed by atoms with Crippen LogP contribution >= 0.6 is 0 Å². The van der Waals surface area contributed by atoms with Crippen LogP contribution in [0.3, 0.4) is 0 Å². The Bertz CT molecular complexity index is 3980. The Morgan fingerprint density at radius 2 is 0.736 bits per heavy atom. The number of imide groups is 2. The number of alkyl halides is 3. The monoisotopic (exact) mass is 966 g/mol. The van der Waals surface area contributed by atoms with Crippen molar-refractivity contribution in [3.05, 3.63) is 226 Å². The van der Waals surface area contributed by atoms with Gasteiger partial charge in [-0.2, -0.15) is 13.2 Å². The van der Waals surface area contributed by atoms with Crippen molar-refractivity contribution < 1.29 is 41.8 Å². The summed E-state index contributed by atoms with van der Waals surface area (Å²) < 4.78 is 60.0. The molecule has 0 N–H and O–H groups in total. The summed E-state index contributed by atoms with van der Waals surface area (Å²) in [4.78, 5) is 108. The molecule has 0 radical (unpaired) electrons. The first-order chi connectivity index (χ1) is 34.3. The lowest BCUT2D eigenvalue weighted by Gasteiger charge is -2.33. The quantitative estimate of drug-likeness (QED) is 0.127. The number of carbonyl (C=O) groups excluding carboxylic acids is 4. The Hall–Kier alpha value is -9.51. The highest BCUT2D eigenvalue weighted by Gasteiger charge is 2.55. The molecule has 354 valence electrons. The maximum atomic E-state index is 15.5. The summed E-state index contributed by atoms with van der Waals surface area (Å²) in [7, 11) is 1.31. The number of amides is 4. The number of aromatic nitrogens is 2. The Labute approximate surface area is 403 Å². The summed E-state index contributed by atoms with van der Waals surface area (Å²) in [5, 5.41) is 0.0373. The van der Waals surface area contributed by atoms with Crippen molar-refractivity contribution in [2.45, 2.75) is 25.4 Å². The molecule has 0 saturated heterocycles. The van der Waals surface area contributed by atoms with E-state index in [-0.39, 0.29) is 77.9 Å². The number of ether oxygens (including phenoxy) is 2. The Morgan fingerprint density at radius 1 is 0.403 bits per heavy atom. The normalized spacial score (nSPS) is 14.4. The molecule has 2 aromatic heterocycles. The summed E-state index contributed by atoms with van der Waals surface area (Å²) in [5.41, 5.74) is -5.36. The molecule has 14 nitrogen and oxygen atoms in total. The molecule has 17 heteroatoms. The zero-order valence-corrected chi connectivity index (χ0v) is 37.9. The van der Waals surface area contributed by atoms with Crippen LogP contribution < -0.4 is 41.5 Å². The van der Waals surface area contributed by atoms with Gasteiger partial charge in [-0.3, -0.25) is 42.9 Å². The number of aryl methyl sites for hydroxylation is 1. The predicted molar refractivity (Wildman–Crippen MR) is 259 cm³/mol. The minimum atomic E-state index is -5.01. The van der Waals surface area contributed by atoms with Gasteiger partial charge in [-0.25, -0.2) is 14.4 Å². The summed E-state index contributed by atoms with van der Waals surface area (Å²) >= 11 is 0. The fourth-order valence-electron chi connectivity index (χ4n) is 9.26. The molecule has 4 amide bonds. The molecule has 0 aliphatic carbocycles. The molecule has 7 aromatic carbocycles. The number of anilines is 2. The van der Waals surface area contributed by atoms with Gasteiger partial charge in [0.25, 0.3) is 45.9 Å². The van der Waals surface area contributed by atoms with Crippen molar-refractivity contribution in [2.24, 2.45) is 7.05 Å². The van der Waals surface area contributed by atoms with Gasteiger partial charge in [0.2, 0.25) is 0 Å². The van der Waals surface area contributed by atoms with Gasteiger partial charge < -0.3 is 9.47 Å². The van der Waals surface area contributed by atoms with E-state index in [0.717, 1.165) is 61.8 Å². The first kappa shape index (κ1) is 45.0. The molecule has 9 aromatic rings. The molecule has 2 aliphatic rings. The fraction of sp³-hybridized carbons (Fsp3) is 0.0909. The van der Waals surface area contributed by atoms with E-state index < -0.39 is 63.0 Å². The SMILES string of the molecule is Cc1ccc(Oc2ccc(N3C(=O)c4ccc(C(C)(c5ccc6c(c5)C(=O)N(c5ccc(Oc7ccc(-n8c(=O)c9cc%10c(=O)n(C)c(=O)c%10cc9c8=O)cc7)cc5)C6=O)C(F)(F)F)cc4C3=O)cc2)cc1. The van der Waals surface area contributed by atoms with Gasteiger partial charge in [-0.1, -0.05) is 29.8 Å². The molecule has 0 fully saturated rings. The number of hydrogen-bond donors (Lipinski definition) is 0. The average Bonchev–Trinajstić information content (AvgIpc) is 3.96. The van der Waals surface area contributed by atoms with E-state index >= 15 is 13.2 Å². The molecule has 0 spiro atoms. The van der Waals surface area contributed by atoms with Crippen LogP contribution in [-0.4, -0.2) is 38.9 Å². The van der Waals surface area contributed by atoms with Crippen LogP contribution in [0.1, 0.15) is 65.0 Å². The first-order valence-corrected chi connectivity index (χ1v) is 22.1. The molecule has 1 unspecified atom stereocenters. The second kappa shape index (κ2) is 16.0. The van der Waals surface area contributed by atoms with Gasteiger partial charge in [-0.15, -0.1) is 0 Å². The second-order valence-electron chi connectivity index (χ2n) is 17.6. The van der Waals surface area contributed by atoms with E-state index in [0.29, 0.717) is 11.5 Å². The zero-order chi connectivity index (χ0) is 50.7. The van der Waals surface area contributed by atoms with E-state index in [1.54, 1.807) is 24.3 Å². The van der Waals surface area contributed by atoms with Crippen molar-refractivity contribution >= 4 is 56.5 Å². The lowest BCUT2D eigenvalue weighted by molar-refractivity contribution is -0.173. The van der Waals surface area contributed by atoms with E-state index in [2.05, 4.69) is 0 Å². The van der Waals surface area contributed by atoms with Crippen LogP contribution in [0.2, 0.25) is 0 Å². The van der Waals surface area contributed by atoms with Gasteiger partial charge >= 0.3 is 6.18 Å². The number of fused-ring (bicyclic) bond motifs is 4. The van der Waals surface area contributed by atoms with Gasteiger partial charge in [0.1, 0.15) is 28.4 Å². The molecule has 2 aliphatic heterocycles. The molecular weight excluding hydrogens is 934 g/mol. The molecule has 0 bridgehead atoms. The topological polar surface area (TPSA) is 171 Å². The minimum Gasteiger partial charge on any atom is -0.457 e. The van der Waals surface area contributed by atoms with Crippen LogP contribution in [0.5, 0.6) is 23.0 Å². The molecule has 72 heavy (non-hydrogen) atoms. The van der Waals surface area contributed by atoms with E-state index in [4.69, 9.17) is 9.47 Å². The van der Waals surface area contributed by atoms with Crippen LogP contribution in [0.25, 0.3) is 27.2 Å². The number of nitrogens with zero attached hydrogens (tertiary/aromatic N) is 4. The first-order valence-electron chi connectivity index (χ1n) is 22.1. The van der Waals surface area contributed by atoms with Crippen molar-refractivity contribution in [2.75, 3.05) is 9.80 Å². The van der Waals surface area contributed by atoms with Gasteiger partial charge in [0, 0.05) is 7.05 Å². The number of carbonyl (C=O) groups is 4. The van der Waals surface area contributed by atoms with Gasteiger partial charge in [0.05, 0.1) is 60.9 Å². The zero-order valence-electron chi connectivity index (χ0n) is 37.9. The summed E-state index contributed by atoms with van der Waals surface area (Å²) in [6, 6.07) is 34.2. The highest BCUT2D eigenvalue weighted by atomic mass is 19.4. The minimum absolute atomic E-state index is 0.0144. The standard InChI is InChI=1S/C55H33F3N4O10/c1-28-4-14-34(15-5-28)71-35-16-8-31(9-17-35)60-48(65)38-22-6-29(24-40(38)50(60)67)54(2,55(56,57)58)30-7-23-39-41(25-30)51(68)61(49(39)66)32-10-18-36(19-11-32)72-37-20-12-33(13-21-37)62-52(69)44-26-42-43(27-45(44)53(62)70)47(64)59(3)46(42)63/h4-27H,1-3H3. The maximum Gasteiger partial charge on any atom is 0.402 e. The summed E-state index contributed by atoms with van der Waals surface area (Å²) in [6.07, 6.45) is -5.01. The second-order valence-corrected chi connectivity index (χ2v) is 17.6. The highest BCUT2D eigenvalue weighted by molar-refractivity contribution is 6.35. The van der Waals surface area contributed by atoms with Crippen LogP contribution in [0.4, 0.5) is 24.5 Å². The van der Waals surface area contributed by atoms with Gasteiger partial charge in [0.15, 0.2) is 0 Å². The molecular formula is C55H33F3N4O10. The fourth-order valence-corrected chi connectivity index (χ4v) is 9.26. The predicted octanol–water partition coefficient (Wildman–Crippen LogP) is 8.80. The van der Waals surface area contributed by atoms with E-state index in [1.165, 1.54) is 85.9 Å². The van der Waals surface area contributed by atoms with Crippen LogP contribution in [-0.2, 0) is 12.5 Å². The average molecular weight is 967 g/mol. The Kier molecular flexibility index (Phi) is 10.0. The van der Waals surface area contributed by atoms with Crippen molar-refractivity contribution in [3.8, 4) is 28.7 Å². The third kappa shape index (κ3) is 6.80. The molecule has 1 atom stereocenters. The van der Waals surface area contributed by atoms with Crippen LogP contribution in [0, 0.1) is 6.92 Å². The maximum absolute atomic E-state index is 15.5. The number of hydrogen-bond acceptors (Lipinski definition) is 10. The number of benzene rings is 7. The summed E-state index contributed by atoms with van der Waals surface area (Å²) in [6.45, 7) is 2.83. The Morgan fingerprint density at radius 3 is 1.11 bits per heavy atom. The molecule has 4 heterocycles. The third-order valence-electron chi connectivity index (χ3n) is 13.4. The largest absolute Gasteiger partial charge is 0.457 e. The van der Waals surface area contributed by atoms with Crippen molar-refractivity contribution in [1.29, 1.82) is 0 Å². The number of rotatable bonds is 9.